The number of hydrogen-bond donors (Lipinski definition) is 2. The number of nitrogens with zero attached hydrogens (tertiary/aromatic N) is 2. The number of fused-ring (bicyclic) bond motifs is 3. The van der Waals surface area contributed by atoms with Crippen LogP contribution in [0.1, 0.15) is 22.5 Å². The van der Waals surface area contributed by atoms with Crippen LogP contribution in [0.3, 0.4) is 0 Å². The molecule has 2 aromatic heterocycles. The van der Waals surface area contributed by atoms with E-state index in [4.69, 9.17) is 9.52 Å². The molecule has 2 saturated heterocycles. The molecule has 2 bridgehead atoms. The number of rotatable bonds is 2. The molecule has 1 amide bonds. The molecular weight excluding hydrogens is 294 g/mol. The van der Waals surface area contributed by atoms with Crippen LogP contribution in [0.2, 0.25) is 0 Å². The molecular formula is C17H17N3O3. The minimum atomic E-state index is -0.218. The van der Waals surface area contributed by atoms with Crippen molar-refractivity contribution in [3.8, 4) is 11.8 Å². The minimum Gasteiger partial charge on any atom is -0.461 e. The van der Waals surface area contributed by atoms with Gasteiger partial charge in [-0.2, -0.15) is 0 Å². The minimum absolute atomic E-state index is 0.159. The van der Waals surface area contributed by atoms with Crippen molar-refractivity contribution in [3.63, 3.8) is 0 Å². The van der Waals surface area contributed by atoms with Crippen molar-refractivity contribution in [2.24, 2.45) is 5.92 Å². The molecule has 23 heavy (non-hydrogen) atoms. The third-order valence-electron chi connectivity index (χ3n) is 4.65. The molecule has 0 aliphatic carbocycles. The highest BCUT2D eigenvalue weighted by atomic mass is 16.3. The van der Waals surface area contributed by atoms with Gasteiger partial charge >= 0.3 is 0 Å². The number of carbonyl (C=O) groups is 1. The Morgan fingerprint density at radius 3 is 3.17 bits per heavy atom. The Bertz CT molecular complexity index is 817. The molecule has 2 N–H and O–H groups in total. The van der Waals surface area contributed by atoms with Gasteiger partial charge in [0, 0.05) is 24.5 Å². The molecule has 4 heterocycles. The van der Waals surface area contributed by atoms with Crippen LogP contribution in [0.25, 0.3) is 11.0 Å². The number of nitrogens with one attached hydrogen (secondary N) is 1. The number of aliphatic hydroxyl groups excluding tert-OH is 1. The second-order valence-electron chi connectivity index (χ2n) is 6.06. The van der Waals surface area contributed by atoms with Gasteiger partial charge in [0.1, 0.15) is 18.6 Å². The quantitative estimate of drug-likeness (QED) is 0.794. The van der Waals surface area contributed by atoms with Crippen molar-refractivity contribution < 1.29 is 14.3 Å². The number of amides is 1. The summed E-state index contributed by atoms with van der Waals surface area (Å²) < 4.78 is 5.37. The summed E-state index contributed by atoms with van der Waals surface area (Å²) in [5, 5.41) is 12.6. The topological polar surface area (TPSA) is 78.6 Å². The lowest BCUT2D eigenvalue weighted by atomic mass is 10.00. The SMILES string of the molecule is O=C(NC1CN2CCC1C2)c1cc2c(C#CCO)coc2cn1. The first-order chi connectivity index (χ1) is 11.2. The lowest BCUT2D eigenvalue weighted by Gasteiger charge is -2.22. The Morgan fingerprint density at radius 2 is 2.43 bits per heavy atom. The molecule has 3 unspecified atom stereocenters. The fraction of sp³-hybridized carbons (Fsp3) is 0.412. The lowest BCUT2D eigenvalue weighted by molar-refractivity contribution is 0.0919. The van der Waals surface area contributed by atoms with E-state index in [2.05, 4.69) is 27.0 Å². The van der Waals surface area contributed by atoms with Gasteiger partial charge in [0.25, 0.3) is 5.91 Å². The van der Waals surface area contributed by atoms with E-state index in [1.54, 1.807) is 12.3 Å². The maximum absolute atomic E-state index is 12.5. The predicted octanol–water partition coefficient (Wildman–Crippen LogP) is 0.605. The zero-order valence-electron chi connectivity index (χ0n) is 12.6. The van der Waals surface area contributed by atoms with Crippen molar-refractivity contribution in [2.75, 3.05) is 26.2 Å². The Kier molecular flexibility index (Phi) is 3.52. The summed E-state index contributed by atoms with van der Waals surface area (Å²) >= 11 is 0. The van der Waals surface area contributed by atoms with Gasteiger partial charge in [-0.25, -0.2) is 4.98 Å². The fourth-order valence-corrected chi connectivity index (χ4v) is 3.48. The van der Waals surface area contributed by atoms with Gasteiger partial charge in [-0.05, 0) is 24.9 Å². The predicted molar refractivity (Wildman–Crippen MR) is 83.8 cm³/mol. The van der Waals surface area contributed by atoms with Crippen molar-refractivity contribution >= 4 is 16.9 Å². The monoisotopic (exact) mass is 311 g/mol. The second-order valence-corrected chi connectivity index (χ2v) is 6.06. The molecule has 3 atom stereocenters. The molecule has 2 aliphatic heterocycles. The van der Waals surface area contributed by atoms with Crippen LogP contribution in [-0.4, -0.2) is 53.2 Å². The van der Waals surface area contributed by atoms with Crippen LogP contribution >= 0.6 is 0 Å². The standard InChI is InChI=1S/C17H17N3O3/c21-5-1-2-12-10-23-16-7-18-14(6-13(12)16)17(22)19-15-9-20-4-3-11(15)8-20/h6-7,10-11,15,21H,3-5,8-9H2,(H,19,22). The van der Waals surface area contributed by atoms with Gasteiger partial charge in [0.15, 0.2) is 5.58 Å². The fourth-order valence-electron chi connectivity index (χ4n) is 3.48. The summed E-state index contributed by atoms with van der Waals surface area (Å²) in [7, 11) is 0. The van der Waals surface area contributed by atoms with Gasteiger partial charge < -0.3 is 19.7 Å². The van der Waals surface area contributed by atoms with E-state index in [0.717, 1.165) is 31.4 Å². The summed E-state index contributed by atoms with van der Waals surface area (Å²) in [4.78, 5) is 19.0. The average Bonchev–Trinajstić information content (AvgIpc) is 3.27. The number of carbonyl (C=O) groups excluding carboxylic acids is 1. The first kappa shape index (κ1) is 14.2. The normalized spacial score (nSPS) is 25.3. The zero-order valence-corrected chi connectivity index (χ0v) is 12.6. The second kappa shape index (κ2) is 5.69. The molecule has 6 heteroatoms. The average molecular weight is 311 g/mol. The third-order valence-corrected chi connectivity index (χ3v) is 4.65. The molecule has 4 rings (SSSR count). The Morgan fingerprint density at radius 1 is 1.52 bits per heavy atom. The van der Waals surface area contributed by atoms with Crippen molar-refractivity contribution in [1.29, 1.82) is 0 Å². The van der Waals surface area contributed by atoms with E-state index >= 15 is 0 Å². The Hall–Kier alpha value is -2.36. The summed E-state index contributed by atoms with van der Waals surface area (Å²) in [6, 6.07) is 1.91. The molecule has 6 nitrogen and oxygen atoms in total. The van der Waals surface area contributed by atoms with Crippen LogP contribution in [-0.2, 0) is 0 Å². The maximum Gasteiger partial charge on any atom is 0.270 e. The summed E-state index contributed by atoms with van der Waals surface area (Å²) in [5.74, 6) is 5.80. The lowest BCUT2D eigenvalue weighted by Crippen LogP contribution is -2.43. The first-order valence-corrected chi connectivity index (χ1v) is 7.75. The van der Waals surface area contributed by atoms with E-state index in [9.17, 15) is 4.79 Å². The molecule has 118 valence electrons. The van der Waals surface area contributed by atoms with E-state index in [0.29, 0.717) is 22.8 Å². The number of hydrogen-bond acceptors (Lipinski definition) is 5. The number of aromatic nitrogens is 1. The number of aliphatic hydroxyl groups is 1. The van der Waals surface area contributed by atoms with Crippen molar-refractivity contribution in [2.45, 2.75) is 12.5 Å². The van der Waals surface area contributed by atoms with Gasteiger partial charge in [0.05, 0.1) is 11.8 Å². The van der Waals surface area contributed by atoms with Gasteiger partial charge in [-0.1, -0.05) is 11.8 Å². The summed E-state index contributed by atoms with van der Waals surface area (Å²) in [6.45, 7) is 2.94. The van der Waals surface area contributed by atoms with Crippen molar-refractivity contribution in [3.05, 3.63) is 29.8 Å². The van der Waals surface area contributed by atoms with E-state index in [-0.39, 0.29) is 18.6 Å². The number of pyridine rings is 1. The molecule has 0 aromatic carbocycles. The van der Waals surface area contributed by atoms with Crippen molar-refractivity contribution in [1.82, 2.24) is 15.2 Å². The van der Waals surface area contributed by atoms with E-state index < -0.39 is 0 Å². The van der Waals surface area contributed by atoms with Crippen LogP contribution in [0.4, 0.5) is 0 Å². The molecule has 2 aliphatic rings. The van der Waals surface area contributed by atoms with Crippen LogP contribution in [0, 0.1) is 17.8 Å². The van der Waals surface area contributed by atoms with Gasteiger partial charge in [-0.3, -0.25) is 4.79 Å². The highest BCUT2D eigenvalue weighted by molar-refractivity contribution is 5.97. The van der Waals surface area contributed by atoms with E-state index in [1.807, 2.05) is 0 Å². The highest BCUT2D eigenvalue weighted by Crippen LogP contribution is 2.28. The smallest absolute Gasteiger partial charge is 0.270 e. The van der Waals surface area contributed by atoms with Gasteiger partial charge in [0.2, 0.25) is 0 Å². The molecule has 0 spiro atoms. The molecule has 2 aromatic rings. The largest absolute Gasteiger partial charge is 0.461 e. The first-order valence-electron chi connectivity index (χ1n) is 7.75. The summed E-state index contributed by atoms with van der Waals surface area (Å²) in [6.07, 6.45) is 4.21. The highest BCUT2D eigenvalue weighted by Gasteiger charge is 2.38. The Labute approximate surface area is 133 Å². The molecule has 2 fully saturated rings. The maximum atomic E-state index is 12.5. The van der Waals surface area contributed by atoms with Gasteiger partial charge in [-0.15, -0.1) is 0 Å². The third kappa shape index (κ3) is 2.58. The molecule has 0 saturated carbocycles. The van der Waals surface area contributed by atoms with Crippen LogP contribution < -0.4 is 5.32 Å². The number of furan rings is 1. The summed E-state index contributed by atoms with van der Waals surface area (Å²) in [5.41, 5.74) is 1.59. The van der Waals surface area contributed by atoms with E-state index in [1.165, 1.54) is 6.26 Å². The number of piperidine rings is 1. The zero-order chi connectivity index (χ0) is 15.8. The van der Waals surface area contributed by atoms with Crippen LogP contribution in [0.15, 0.2) is 22.9 Å². The van der Waals surface area contributed by atoms with Crippen LogP contribution in [0.5, 0.6) is 0 Å². The Balaban J connectivity index is 1.57. The molecule has 0 radical (unpaired) electrons.